The van der Waals surface area contributed by atoms with Crippen molar-refractivity contribution in [3.63, 3.8) is 0 Å². The molecular weight excluding hydrogens is 254 g/mol. The Balaban J connectivity index is 1.90. The molecule has 0 spiro atoms. The summed E-state index contributed by atoms with van der Waals surface area (Å²) in [6, 6.07) is 6.22. The van der Waals surface area contributed by atoms with Gasteiger partial charge in [-0.1, -0.05) is 25.3 Å². The van der Waals surface area contributed by atoms with Crippen molar-refractivity contribution in [3.8, 4) is 0 Å². The van der Waals surface area contributed by atoms with Gasteiger partial charge in [-0.05, 0) is 32.0 Å². The van der Waals surface area contributed by atoms with Gasteiger partial charge in [0.1, 0.15) is 10.7 Å². The third-order valence-corrected chi connectivity index (χ3v) is 5.12. The van der Waals surface area contributed by atoms with Crippen molar-refractivity contribution in [2.45, 2.75) is 48.9 Å². The molecule has 1 aliphatic carbocycles. The molecule has 1 N–H and O–H groups in total. The minimum absolute atomic E-state index is 0.759. The van der Waals surface area contributed by atoms with Crippen molar-refractivity contribution in [1.82, 2.24) is 14.7 Å². The maximum absolute atomic E-state index is 4.81. The third kappa shape index (κ3) is 2.79. The van der Waals surface area contributed by atoms with E-state index in [0.29, 0.717) is 0 Å². The van der Waals surface area contributed by atoms with Gasteiger partial charge in [-0.15, -0.1) is 11.8 Å². The number of aromatic nitrogens is 2. The molecule has 0 aromatic carbocycles. The molecule has 3 rings (SSSR count). The summed E-state index contributed by atoms with van der Waals surface area (Å²) in [5, 5.41) is 5.24. The molecule has 0 bridgehead atoms. The zero-order chi connectivity index (χ0) is 13.1. The zero-order valence-electron chi connectivity index (χ0n) is 11.4. The van der Waals surface area contributed by atoms with Gasteiger partial charge >= 0.3 is 0 Å². The first-order valence-electron chi connectivity index (χ1n) is 7.15. The van der Waals surface area contributed by atoms with E-state index in [0.717, 1.165) is 17.4 Å². The largest absolute Gasteiger partial charge is 0.314 e. The van der Waals surface area contributed by atoms with Gasteiger partial charge < -0.3 is 9.72 Å². The third-order valence-electron chi connectivity index (χ3n) is 3.77. The summed E-state index contributed by atoms with van der Waals surface area (Å²) in [5.41, 5.74) is 2.36. The molecule has 2 aromatic heterocycles. The van der Waals surface area contributed by atoms with E-state index >= 15 is 0 Å². The Hall–Kier alpha value is -1.00. The summed E-state index contributed by atoms with van der Waals surface area (Å²) < 4.78 is 2.21. The van der Waals surface area contributed by atoms with E-state index in [9.17, 15) is 0 Å². The second-order valence-corrected chi connectivity index (χ2v) is 6.49. The number of fused-ring (bicyclic) bond motifs is 1. The topological polar surface area (TPSA) is 29.3 Å². The maximum Gasteiger partial charge on any atom is 0.138 e. The molecule has 1 fully saturated rings. The first-order chi connectivity index (χ1) is 9.38. The number of rotatable bonds is 4. The van der Waals surface area contributed by atoms with Crippen LogP contribution in [-0.2, 0) is 6.54 Å². The van der Waals surface area contributed by atoms with Crippen molar-refractivity contribution in [1.29, 1.82) is 0 Å². The van der Waals surface area contributed by atoms with Crippen LogP contribution in [0.4, 0.5) is 0 Å². The van der Waals surface area contributed by atoms with Crippen LogP contribution in [0.25, 0.3) is 5.65 Å². The van der Waals surface area contributed by atoms with Crippen molar-refractivity contribution in [3.05, 3.63) is 30.1 Å². The Morgan fingerprint density at radius 2 is 2.16 bits per heavy atom. The molecule has 0 unspecified atom stereocenters. The zero-order valence-corrected chi connectivity index (χ0v) is 12.2. The Labute approximate surface area is 118 Å². The number of hydrogen-bond acceptors (Lipinski definition) is 3. The predicted octanol–water partition coefficient (Wildman–Crippen LogP) is 3.48. The first kappa shape index (κ1) is 13.0. The van der Waals surface area contributed by atoms with Crippen LogP contribution in [0, 0.1) is 0 Å². The highest BCUT2D eigenvalue weighted by atomic mass is 32.2. The molecule has 19 heavy (non-hydrogen) atoms. The molecule has 0 amide bonds. The molecular formula is C15H21N3S. The van der Waals surface area contributed by atoms with Gasteiger partial charge in [0.05, 0.1) is 5.69 Å². The summed E-state index contributed by atoms with van der Waals surface area (Å²) >= 11 is 1.98. The van der Waals surface area contributed by atoms with E-state index in [4.69, 9.17) is 4.98 Å². The number of nitrogens with zero attached hydrogens (tertiary/aromatic N) is 2. The van der Waals surface area contributed by atoms with E-state index in [1.165, 1.54) is 42.8 Å². The van der Waals surface area contributed by atoms with Gasteiger partial charge in [0.25, 0.3) is 0 Å². The fourth-order valence-electron chi connectivity index (χ4n) is 2.79. The quantitative estimate of drug-likeness (QED) is 0.926. The lowest BCUT2D eigenvalue weighted by atomic mass is 10.0. The second kappa shape index (κ2) is 5.97. The SMILES string of the molecule is CNCc1c(SC2CCCCC2)nc2ccccn12. The van der Waals surface area contributed by atoms with Gasteiger partial charge in [-0.3, -0.25) is 0 Å². The monoisotopic (exact) mass is 275 g/mol. The Kier molecular flexibility index (Phi) is 4.09. The number of nitrogens with one attached hydrogen (secondary N) is 1. The lowest BCUT2D eigenvalue weighted by Crippen LogP contribution is -2.11. The van der Waals surface area contributed by atoms with Crippen LogP contribution in [0.2, 0.25) is 0 Å². The lowest BCUT2D eigenvalue weighted by Gasteiger charge is -2.20. The summed E-state index contributed by atoms with van der Waals surface area (Å²) in [6.07, 6.45) is 8.97. The number of imidazole rings is 1. The number of pyridine rings is 1. The van der Waals surface area contributed by atoms with Crippen LogP contribution in [0.5, 0.6) is 0 Å². The minimum atomic E-state index is 0.759. The summed E-state index contributed by atoms with van der Waals surface area (Å²) in [4.78, 5) is 4.81. The molecule has 0 aliphatic heterocycles. The highest BCUT2D eigenvalue weighted by Crippen LogP contribution is 2.35. The van der Waals surface area contributed by atoms with Crippen LogP contribution in [0.15, 0.2) is 29.4 Å². The standard InChI is InChI=1S/C15H21N3S/c1-16-11-13-15(19-12-7-3-2-4-8-12)17-14-9-5-6-10-18(13)14/h5-6,9-10,12,16H,2-4,7-8,11H2,1H3. The average Bonchev–Trinajstić information content (AvgIpc) is 2.79. The molecule has 3 nitrogen and oxygen atoms in total. The van der Waals surface area contributed by atoms with Gasteiger partial charge in [-0.25, -0.2) is 4.98 Å². The van der Waals surface area contributed by atoms with Gasteiger partial charge in [0, 0.05) is 18.0 Å². The molecule has 1 saturated carbocycles. The van der Waals surface area contributed by atoms with E-state index in [1.54, 1.807) is 0 Å². The van der Waals surface area contributed by atoms with Crippen molar-refractivity contribution in [2.75, 3.05) is 7.05 Å². The van der Waals surface area contributed by atoms with Crippen molar-refractivity contribution < 1.29 is 0 Å². The Morgan fingerprint density at radius 1 is 1.32 bits per heavy atom. The number of hydrogen-bond donors (Lipinski definition) is 1. The maximum atomic E-state index is 4.81. The van der Waals surface area contributed by atoms with Gasteiger partial charge in [0.2, 0.25) is 0 Å². The normalized spacial score (nSPS) is 17.1. The van der Waals surface area contributed by atoms with Crippen molar-refractivity contribution in [2.24, 2.45) is 0 Å². The second-order valence-electron chi connectivity index (χ2n) is 5.20. The summed E-state index contributed by atoms with van der Waals surface area (Å²) in [7, 11) is 2.00. The van der Waals surface area contributed by atoms with Crippen LogP contribution >= 0.6 is 11.8 Å². The smallest absolute Gasteiger partial charge is 0.138 e. The minimum Gasteiger partial charge on any atom is -0.314 e. The Morgan fingerprint density at radius 3 is 2.95 bits per heavy atom. The fraction of sp³-hybridized carbons (Fsp3) is 0.533. The van der Waals surface area contributed by atoms with E-state index in [1.807, 2.05) is 18.8 Å². The molecule has 2 heterocycles. The summed E-state index contributed by atoms with van der Waals surface area (Å²) in [6.45, 7) is 0.875. The molecule has 102 valence electrons. The molecule has 0 atom stereocenters. The van der Waals surface area contributed by atoms with Crippen molar-refractivity contribution >= 4 is 17.4 Å². The molecule has 0 saturated heterocycles. The fourth-order valence-corrected chi connectivity index (χ4v) is 4.13. The average molecular weight is 275 g/mol. The van der Waals surface area contributed by atoms with Crippen LogP contribution in [0.1, 0.15) is 37.8 Å². The van der Waals surface area contributed by atoms with E-state index < -0.39 is 0 Å². The molecule has 0 radical (unpaired) electrons. The Bertz CT molecular complexity index is 543. The predicted molar refractivity (Wildman–Crippen MR) is 80.7 cm³/mol. The molecule has 1 aliphatic rings. The first-order valence-corrected chi connectivity index (χ1v) is 8.03. The van der Waals surface area contributed by atoms with Crippen LogP contribution in [0.3, 0.4) is 0 Å². The van der Waals surface area contributed by atoms with E-state index in [-0.39, 0.29) is 0 Å². The lowest BCUT2D eigenvalue weighted by molar-refractivity contribution is 0.515. The van der Waals surface area contributed by atoms with Gasteiger partial charge in [0.15, 0.2) is 0 Å². The number of thioether (sulfide) groups is 1. The summed E-state index contributed by atoms with van der Waals surface area (Å²) in [5.74, 6) is 0. The molecule has 4 heteroatoms. The molecule has 2 aromatic rings. The van der Waals surface area contributed by atoms with Crippen LogP contribution < -0.4 is 5.32 Å². The van der Waals surface area contributed by atoms with Crippen LogP contribution in [-0.4, -0.2) is 21.7 Å². The highest BCUT2D eigenvalue weighted by molar-refractivity contribution is 7.99. The van der Waals surface area contributed by atoms with E-state index in [2.05, 4.69) is 34.1 Å². The van der Waals surface area contributed by atoms with Gasteiger partial charge in [-0.2, -0.15) is 0 Å². The highest BCUT2D eigenvalue weighted by Gasteiger charge is 2.19.